The van der Waals surface area contributed by atoms with Crippen molar-refractivity contribution in [3.63, 3.8) is 0 Å². The van der Waals surface area contributed by atoms with Crippen molar-refractivity contribution in [1.29, 1.82) is 0 Å². The first-order valence-electron chi connectivity index (χ1n) is 9.31. The molecule has 0 fully saturated rings. The van der Waals surface area contributed by atoms with Gasteiger partial charge in [0.05, 0.1) is 5.78 Å². The van der Waals surface area contributed by atoms with Crippen LogP contribution in [0.5, 0.6) is 0 Å². The number of carbonyl (C=O) groups excluding carboxylic acids is 2. The average molecular weight is 425 g/mol. The van der Waals surface area contributed by atoms with Crippen molar-refractivity contribution < 1.29 is 23.9 Å². The molecule has 0 aliphatic carbocycles. The molecule has 3 unspecified atom stereocenters. The number of rotatable bonds is 8. The molecule has 0 aliphatic rings. The Kier molecular flexibility index (Phi) is 9.52. The summed E-state index contributed by atoms with van der Waals surface area (Å²) in [6.07, 6.45) is 1.90. The molecule has 2 rings (SSSR count). The molecule has 6 N–H and O–H groups in total. The fourth-order valence-corrected chi connectivity index (χ4v) is 3.69. The first-order chi connectivity index (χ1) is 13.6. The average Bonchev–Trinajstić information content (AvgIpc) is 3.04. The second-order valence-corrected chi connectivity index (χ2v) is 8.79. The van der Waals surface area contributed by atoms with Crippen LogP contribution in [0.3, 0.4) is 0 Å². The molecule has 3 atom stereocenters. The SMILES string of the molecule is CC(=O)NC(CC(C)C)C(=O)NC(Cc1c[nH]c2ccccc12)P(=O)([O-])O.CN. The number of para-hydroxylation sites is 1. The zero-order chi connectivity index (χ0) is 22.2. The summed E-state index contributed by atoms with van der Waals surface area (Å²) in [6, 6.07) is 6.46. The minimum Gasteiger partial charge on any atom is -0.777 e. The highest BCUT2D eigenvalue weighted by molar-refractivity contribution is 7.51. The predicted octanol–water partition coefficient (Wildman–Crippen LogP) is 0.824. The third-order valence-electron chi connectivity index (χ3n) is 4.19. The maximum absolute atomic E-state index is 12.6. The fraction of sp³-hybridized carbons (Fsp3) is 0.474. The Morgan fingerprint density at radius 2 is 1.86 bits per heavy atom. The topological polar surface area (TPSA) is 160 Å². The maximum atomic E-state index is 12.6. The molecule has 2 aromatic rings. The van der Waals surface area contributed by atoms with Gasteiger partial charge in [-0.15, -0.1) is 0 Å². The largest absolute Gasteiger partial charge is 0.777 e. The summed E-state index contributed by atoms with van der Waals surface area (Å²) in [5.41, 5.74) is 5.98. The Labute approximate surface area is 170 Å². The molecule has 0 saturated carbocycles. The van der Waals surface area contributed by atoms with Crippen LogP contribution in [0.1, 0.15) is 32.8 Å². The number of nitrogens with two attached hydrogens (primary N) is 1. The van der Waals surface area contributed by atoms with Crippen LogP contribution >= 0.6 is 7.60 Å². The van der Waals surface area contributed by atoms with Gasteiger partial charge in [0.1, 0.15) is 6.04 Å². The monoisotopic (exact) mass is 425 g/mol. The van der Waals surface area contributed by atoms with Crippen LogP contribution in [-0.4, -0.2) is 40.6 Å². The van der Waals surface area contributed by atoms with Gasteiger partial charge in [-0.05, 0) is 31.0 Å². The van der Waals surface area contributed by atoms with Crippen molar-refractivity contribution in [1.82, 2.24) is 15.6 Å². The van der Waals surface area contributed by atoms with E-state index < -0.39 is 31.2 Å². The van der Waals surface area contributed by atoms with Gasteiger partial charge in [0.25, 0.3) is 0 Å². The van der Waals surface area contributed by atoms with Crippen LogP contribution in [0.4, 0.5) is 0 Å². The molecule has 9 nitrogen and oxygen atoms in total. The molecule has 0 spiro atoms. The Morgan fingerprint density at radius 1 is 1.24 bits per heavy atom. The summed E-state index contributed by atoms with van der Waals surface area (Å²) in [5, 5.41) is 5.71. The zero-order valence-electron chi connectivity index (χ0n) is 17.1. The second-order valence-electron chi connectivity index (χ2n) is 7.03. The molecule has 2 amide bonds. The van der Waals surface area contributed by atoms with E-state index in [0.717, 1.165) is 10.9 Å². The number of carbonyl (C=O) groups is 2. The van der Waals surface area contributed by atoms with E-state index in [9.17, 15) is 23.9 Å². The third kappa shape index (κ3) is 7.62. The van der Waals surface area contributed by atoms with Crippen LogP contribution in [0.2, 0.25) is 0 Å². The van der Waals surface area contributed by atoms with Crippen molar-refractivity contribution in [2.24, 2.45) is 11.7 Å². The molecule has 1 aromatic carbocycles. The van der Waals surface area contributed by atoms with Gasteiger partial charge in [-0.25, -0.2) is 0 Å². The number of hydrogen-bond acceptors (Lipinski definition) is 5. The van der Waals surface area contributed by atoms with Crippen molar-refractivity contribution in [2.45, 2.75) is 45.4 Å². The number of aromatic amines is 1. The number of nitrogens with one attached hydrogen (secondary N) is 3. The van der Waals surface area contributed by atoms with E-state index in [1.54, 1.807) is 6.20 Å². The van der Waals surface area contributed by atoms with Gasteiger partial charge in [-0.1, -0.05) is 32.0 Å². The standard InChI is InChI=1S/C18H26N3O5P.CH5N/c1-11(2)8-16(20-12(3)22)18(23)21-17(27(24,25)26)9-13-10-19-15-7-5-4-6-14(13)15;1-2/h4-7,10-11,16-17,19H,8-9H2,1-3H3,(H,20,22)(H,21,23)(H2,24,25,26);2H2,1H3/p-1. The van der Waals surface area contributed by atoms with Crippen LogP contribution in [0, 0.1) is 5.92 Å². The normalized spacial score (nSPS) is 15.0. The van der Waals surface area contributed by atoms with E-state index in [2.05, 4.69) is 21.4 Å². The maximum Gasteiger partial charge on any atom is 0.243 e. The number of amides is 2. The van der Waals surface area contributed by atoms with Crippen molar-refractivity contribution >= 4 is 30.3 Å². The molecule has 1 aromatic heterocycles. The smallest absolute Gasteiger partial charge is 0.243 e. The van der Waals surface area contributed by atoms with Crippen molar-refractivity contribution in [2.75, 3.05) is 7.05 Å². The lowest BCUT2D eigenvalue weighted by Gasteiger charge is -2.30. The summed E-state index contributed by atoms with van der Waals surface area (Å²) in [4.78, 5) is 48.5. The molecular formula is C19H30N4O5P-. The predicted molar refractivity (Wildman–Crippen MR) is 111 cm³/mol. The van der Waals surface area contributed by atoms with E-state index in [1.807, 2.05) is 38.1 Å². The lowest BCUT2D eigenvalue weighted by molar-refractivity contribution is -0.197. The summed E-state index contributed by atoms with van der Waals surface area (Å²) in [5.74, 6) is -2.42. The van der Waals surface area contributed by atoms with Gasteiger partial charge in [-0.3, -0.25) is 9.59 Å². The van der Waals surface area contributed by atoms with Gasteiger partial charge in [-0.2, -0.15) is 0 Å². The lowest BCUT2D eigenvalue weighted by atomic mass is 10.0. The van der Waals surface area contributed by atoms with E-state index in [4.69, 9.17) is 0 Å². The first-order valence-corrected chi connectivity index (χ1v) is 11.0. The molecule has 10 heteroatoms. The molecule has 0 bridgehead atoms. The highest BCUT2D eigenvalue weighted by atomic mass is 31.2. The molecule has 0 aliphatic heterocycles. The van der Waals surface area contributed by atoms with E-state index in [-0.39, 0.29) is 12.3 Å². The fourth-order valence-electron chi connectivity index (χ4n) is 2.97. The molecule has 0 radical (unpaired) electrons. The number of fused-ring (bicyclic) bond motifs is 1. The quantitative estimate of drug-likeness (QED) is 0.394. The number of hydrogen-bond donors (Lipinski definition) is 5. The minimum absolute atomic E-state index is 0.0957. The molecule has 0 saturated heterocycles. The van der Waals surface area contributed by atoms with Crippen LogP contribution in [0.25, 0.3) is 10.9 Å². The molecular weight excluding hydrogens is 395 g/mol. The third-order valence-corrected chi connectivity index (χ3v) is 5.29. The van der Waals surface area contributed by atoms with Gasteiger partial charge in [0.15, 0.2) is 7.60 Å². The number of H-pyrrole nitrogens is 1. The van der Waals surface area contributed by atoms with E-state index >= 15 is 0 Å². The summed E-state index contributed by atoms with van der Waals surface area (Å²) in [6.45, 7) is 5.06. The Morgan fingerprint density at radius 3 is 2.41 bits per heavy atom. The van der Waals surface area contributed by atoms with Gasteiger partial charge >= 0.3 is 0 Å². The molecule has 162 valence electrons. The van der Waals surface area contributed by atoms with Crippen molar-refractivity contribution in [3.8, 4) is 0 Å². The van der Waals surface area contributed by atoms with E-state index in [0.29, 0.717) is 12.0 Å². The van der Waals surface area contributed by atoms with Crippen LogP contribution in [0.15, 0.2) is 30.5 Å². The zero-order valence-corrected chi connectivity index (χ0v) is 18.0. The van der Waals surface area contributed by atoms with Gasteiger partial charge in [0, 0.05) is 30.4 Å². The van der Waals surface area contributed by atoms with Crippen LogP contribution in [-0.2, 0) is 20.6 Å². The second kappa shape index (κ2) is 11.1. The minimum atomic E-state index is -4.87. The molecule has 29 heavy (non-hydrogen) atoms. The number of benzene rings is 1. The Bertz CT molecular complexity index is 861. The van der Waals surface area contributed by atoms with Crippen molar-refractivity contribution in [3.05, 3.63) is 36.0 Å². The highest BCUT2D eigenvalue weighted by Gasteiger charge is 2.28. The van der Waals surface area contributed by atoms with Gasteiger partial charge in [0.2, 0.25) is 11.8 Å². The summed E-state index contributed by atoms with van der Waals surface area (Å²) in [7, 11) is -3.37. The lowest BCUT2D eigenvalue weighted by Crippen LogP contribution is -2.50. The first kappa shape index (κ1) is 24.8. The summed E-state index contributed by atoms with van der Waals surface area (Å²) >= 11 is 0. The highest BCUT2D eigenvalue weighted by Crippen LogP contribution is 2.37. The van der Waals surface area contributed by atoms with Gasteiger partial charge < -0.3 is 35.7 Å². The Hall–Kier alpha value is -2.19. The molecule has 1 heterocycles. The number of aromatic nitrogens is 1. The van der Waals surface area contributed by atoms with E-state index in [1.165, 1.54) is 14.0 Å². The Balaban J connectivity index is 0.00000204. The summed E-state index contributed by atoms with van der Waals surface area (Å²) < 4.78 is 11.9. The van der Waals surface area contributed by atoms with Crippen LogP contribution < -0.4 is 21.3 Å².